The van der Waals surface area contributed by atoms with E-state index in [1.807, 2.05) is 13.8 Å². The molecule has 2 N–H and O–H groups in total. The molecule has 0 spiro atoms. The van der Waals surface area contributed by atoms with Crippen molar-refractivity contribution >= 4 is 39.6 Å². The van der Waals surface area contributed by atoms with Gasteiger partial charge in [0, 0.05) is 18.5 Å². The summed E-state index contributed by atoms with van der Waals surface area (Å²) in [5.41, 5.74) is 1.46. The molecular formula is C12H18N2O3S2. The quantitative estimate of drug-likeness (QED) is 0.493. The number of thiocarbonyl (C=S) groups is 1. The lowest BCUT2D eigenvalue weighted by atomic mass is 10.1. The van der Waals surface area contributed by atoms with E-state index >= 15 is 0 Å². The Morgan fingerprint density at radius 3 is 2.63 bits per heavy atom. The summed E-state index contributed by atoms with van der Waals surface area (Å²) in [5.74, 6) is -0.357. The summed E-state index contributed by atoms with van der Waals surface area (Å²) in [6.07, 6.45) is 0. The molecular weight excluding hydrogens is 284 g/mol. The Balaban J connectivity index is 2.80. The number of esters is 1. The van der Waals surface area contributed by atoms with Crippen LogP contribution in [0.2, 0.25) is 0 Å². The number of carbonyl (C=O) groups excluding carboxylic acids is 1. The van der Waals surface area contributed by atoms with Crippen LogP contribution < -0.4 is 10.6 Å². The number of methoxy groups -OCH3 is 2. The second-order valence-corrected chi connectivity index (χ2v) is 5.49. The van der Waals surface area contributed by atoms with Crippen LogP contribution in [-0.4, -0.2) is 38.5 Å². The first-order valence-electron chi connectivity index (χ1n) is 5.73. The zero-order chi connectivity index (χ0) is 14.4. The van der Waals surface area contributed by atoms with E-state index in [9.17, 15) is 4.79 Å². The number of hydrogen-bond acceptors (Lipinski definition) is 5. The summed E-state index contributed by atoms with van der Waals surface area (Å²) in [6, 6.07) is 0. The van der Waals surface area contributed by atoms with Gasteiger partial charge in [0.05, 0.1) is 19.3 Å². The van der Waals surface area contributed by atoms with Gasteiger partial charge in [-0.3, -0.25) is 0 Å². The molecule has 7 heteroatoms. The van der Waals surface area contributed by atoms with E-state index in [1.54, 1.807) is 7.11 Å². The third kappa shape index (κ3) is 4.15. The molecule has 0 bridgehead atoms. The fraction of sp³-hybridized carbons (Fsp3) is 0.500. The first-order valence-corrected chi connectivity index (χ1v) is 6.95. The summed E-state index contributed by atoms with van der Waals surface area (Å²) in [5, 5.41) is 7.19. The van der Waals surface area contributed by atoms with Gasteiger partial charge in [0.25, 0.3) is 0 Å². The molecule has 0 unspecified atom stereocenters. The third-order valence-electron chi connectivity index (χ3n) is 2.59. The first-order chi connectivity index (χ1) is 9.01. The zero-order valence-corrected chi connectivity index (χ0v) is 13.1. The van der Waals surface area contributed by atoms with Crippen LogP contribution in [0.1, 0.15) is 20.8 Å². The molecule has 0 amide bonds. The van der Waals surface area contributed by atoms with Crippen LogP contribution in [0.25, 0.3) is 0 Å². The maximum absolute atomic E-state index is 11.8. The smallest absolute Gasteiger partial charge is 0.341 e. The van der Waals surface area contributed by atoms with Crippen LogP contribution in [-0.2, 0) is 9.47 Å². The van der Waals surface area contributed by atoms with Gasteiger partial charge in [-0.25, -0.2) is 4.79 Å². The van der Waals surface area contributed by atoms with Crippen molar-refractivity contribution in [3.05, 3.63) is 16.0 Å². The molecule has 1 aromatic rings. The van der Waals surface area contributed by atoms with Crippen molar-refractivity contribution in [2.45, 2.75) is 13.8 Å². The van der Waals surface area contributed by atoms with Crippen LogP contribution >= 0.6 is 23.6 Å². The standard InChI is InChI=1S/C12H18N2O3S2/c1-7-8(2)19-10(9(7)11(15)17-4)14-12(18)13-5-6-16-3/h5-6H2,1-4H3,(H2,13,14,18). The Morgan fingerprint density at radius 2 is 2.05 bits per heavy atom. The Hall–Kier alpha value is -1.18. The second-order valence-electron chi connectivity index (χ2n) is 3.85. The largest absolute Gasteiger partial charge is 0.465 e. The van der Waals surface area contributed by atoms with Crippen LogP contribution in [0.4, 0.5) is 5.00 Å². The highest BCUT2D eigenvalue weighted by molar-refractivity contribution is 7.80. The lowest BCUT2D eigenvalue weighted by molar-refractivity contribution is 0.0601. The Kier molecular flexibility index (Phi) is 6.20. The minimum Gasteiger partial charge on any atom is -0.465 e. The minimum atomic E-state index is -0.357. The first kappa shape index (κ1) is 15.9. The number of anilines is 1. The SMILES string of the molecule is COCCNC(=S)Nc1sc(C)c(C)c1C(=O)OC. The van der Waals surface area contributed by atoms with Gasteiger partial charge < -0.3 is 20.1 Å². The van der Waals surface area contributed by atoms with Crippen molar-refractivity contribution in [3.8, 4) is 0 Å². The van der Waals surface area contributed by atoms with E-state index in [1.165, 1.54) is 18.4 Å². The predicted molar refractivity (Wildman–Crippen MR) is 81.2 cm³/mol. The number of ether oxygens (including phenoxy) is 2. The average molecular weight is 302 g/mol. The van der Waals surface area contributed by atoms with Crippen molar-refractivity contribution in [1.29, 1.82) is 0 Å². The van der Waals surface area contributed by atoms with E-state index in [-0.39, 0.29) is 5.97 Å². The van der Waals surface area contributed by atoms with Crippen molar-refractivity contribution in [1.82, 2.24) is 5.32 Å². The second kappa shape index (κ2) is 7.42. The highest BCUT2D eigenvalue weighted by Gasteiger charge is 2.20. The molecule has 1 rings (SSSR count). The molecule has 1 heterocycles. The highest BCUT2D eigenvalue weighted by Crippen LogP contribution is 2.32. The normalized spacial score (nSPS) is 10.1. The molecule has 19 heavy (non-hydrogen) atoms. The van der Waals surface area contributed by atoms with Gasteiger partial charge in [0.2, 0.25) is 0 Å². The van der Waals surface area contributed by atoms with Gasteiger partial charge in [0.1, 0.15) is 5.00 Å². The molecule has 0 saturated heterocycles. The fourth-order valence-electron chi connectivity index (χ4n) is 1.48. The van der Waals surface area contributed by atoms with Gasteiger partial charge in [-0.2, -0.15) is 0 Å². The fourth-order valence-corrected chi connectivity index (χ4v) is 2.80. The van der Waals surface area contributed by atoms with E-state index in [0.717, 1.165) is 10.4 Å². The summed E-state index contributed by atoms with van der Waals surface area (Å²) in [7, 11) is 2.99. The Bertz CT molecular complexity index is 472. The van der Waals surface area contributed by atoms with E-state index in [0.29, 0.717) is 28.8 Å². The molecule has 0 aliphatic carbocycles. The molecule has 0 aromatic carbocycles. The number of carbonyl (C=O) groups is 1. The average Bonchev–Trinajstić information content (AvgIpc) is 2.64. The van der Waals surface area contributed by atoms with E-state index < -0.39 is 0 Å². The molecule has 0 radical (unpaired) electrons. The topological polar surface area (TPSA) is 59.6 Å². The molecule has 0 saturated carbocycles. The molecule has 5 nitrogen and oxygen atoms in total. The van der Waals surface area contributed by atoms with Crippen molar-refractivity contribution in [2.75, 3.05) is 32.7 Å². The van der Waals surface area contributed by atoms with Crippen LogP contribution in [0.3, 0.4) is 0 Å². The summed E-state index contributed by atoms with van der Waals surface area (Å²) >= 11 is 6.64. The Morgan fingerprint density at radius 1 is 1.37 bits per heavy atom. The van der Waals surface area contributed by atoms with Gasteiger partial charge in [-0.1, -0.05) is 0 Å². The third-order valence-corrected chi connectivity index (χ3v) is 3.96. The lowest BCUT2D eigenvalue weighted by Gasteiger charge is -2.10. The minimum absolute atomic E-state index is 0.357. The lowest BCUT2D eigenvalue weighted by Crippen LogP contribution is -2.31. The monoisotopic (exact) mass is 302 g/mol. The van der Waals surface area contributed by atoms with Crippen molar-refractivity contribution in [2.24, 2.45) is 0 Å². The summed E-state index contributed by atoms with van der Waals surface area (Å²) < 4.78 is 9.72. The molecule has 106 valence electrons. The summed E-state index contributed by atoms with van der Waals surface area (Å²) in [4.78, 5) is 12.8. The molecule has 0 aliphatic heterocycles. The van der Waals surface area contributed by atoms with Crippen molar-refractivity contribution < 1.29 is 14.3 Å². The van der Waals surface area contributed by atoms with E-state index in [4.69, 9.17) is 21.7 Å². The molecule has 1 aromatic heterocycles. The maximum Gasteiger partial charge on any atom is 0.341 e. The molecule has 0 aliphatic rings. The van der Waals surface area contributed by atoms with Crippen LogP contribution in [0.5, 0.6) is 0 Å². The predicted octanol–water partition coefficient (Wildman–Crippen LogP) is 2.08. The van der Waals surface area contributed by atoms with Crippen LogP contribution in [0.15, 0.2) is 0 Å². The molecule has 0 fully saturated rings. The van der Waals surface area contributed by atoms with Gasteiger partial charge >= 0.3 is 5.97 Å². The zero-order valence-electron chi connectivity index (χ0n) is 11.5. The number of hydrogen-bond donors (Lipinski definition) is 2. The van der Waals surface area contributed by atoms with Crippen molar-refractivity contribution in [3.63, 3.8) is 0 Å². The Labute approximate surface area is 122 Å². The maximum atomic E-state index is 11.8. The van der Waals surface area contributed by atoms with Gasteiger partial charge in [-0.05, 0) is 31.6 Å². The van der Waals surface area contributed by atoms with Crippen LogP contribution in [0, 0.1) is 13.8 Å². The summed E-state index contributed by atoms with van der Waals surface area (Å²) in [6.45, 7) is 5.02. The van der Waals surface area contributed by atoms with Gasteiger partial charge in [-0.15, -0.1) is 11.3 Å². The van der Waals surface area contributed by atoms with Gasteiger partial charge in [0.15, 0.2) is 5.11 Å². The highest BCUT2D eigenvalue weighted by atomic mass is 32.1. The number of aryl methyl sites for hydroxylation is 1. The number of nitrogens with one attached hydrogen (secondary N) is 2. The number of thiophene rings is 1. The molecule has 0 atom stereocenters. The van der Waals surface area contributed by atoms with E-state index in [2.05, 4.69) is 10.6 Å². The number of rotatable bonds is 5.